The predicted molar refractivity (Wildman–Crippen MR) is 99.5 cm³/mol. The molecule has 0 atom stereocenters. The fourth-order valence-electron chi connectivity index (χ4n) is 3.02. The van der Waals surface area contributed by atoms with E-state index in [9.17, 15) is 4.79 Å². The third-order valence-corrected chi connectivity index (χ3v) is 4.93. The molecule has 0 spiro atoms. The van der Waals surface area contributed by atoms with Crippen LogP contribution in [0.15, 0.2) is 50.3 Å². The molecule has 5 nitrogen and oxygen atoms in total. The topological polar surface area (TPSA) is 62.1 Å². The van der Waals surface area contributed by atoms with Crippen molar-refractivity contribution in [3.05, 3.63) is 73.5 Å². The first-order valence-corrected chi connectivity index (χ1v) is 9.09. The Labute approximate surface area is 157 Å². The summed E-state index contributed by atoms with van der Waals surface area (Å²) in [5.74, 6) is 1.46. The normalized spacial score (nSPS) is 14.5. The number of hydrogen-bond acceptors (Lipinski definition) is 4. The second-order valence-electron chi connectivity index (χ2n) is 6.04. The maximum Gasteiger partial charge on any atom is 0.255 e. The van der Waals surface area contributed by atoms with Crippen LogP contribution in [0.4, 0.5) is 0 Å². The quantitative estimate of drug-likeness (QED) is 0.695. The van der Waals surface area contributed by atoms with Gasteiger partial charge in [-0.25, -0.2) is 4.98 Å². The fourth-order valence-corrected chi connectivity index (χ4v) is 3.49. The lowest BCUT2D eigenvalue weighted by Crippen LogP contribution is -2.35. The van der Waals surface area contributed by atoms with E-state index in [1.54, 1.807) is 18.4 Å². The number of aromatic nitrogens is 2. The van der Waals surface area contributed by atoms with Gasteiger partial charge in [0.05, 0.1) is 22.3 Å². The molecule has 4 rings (SSSR count). The molecule has 25 heavy (non-hydrogen) atoms. The summed E-state index contributed by atoms with van der Waals surface area (Å²) < 4.78 is 6.39. The van der Waals surface area contributed by atoms with Gasteiger partial charge < -0.3 is 9.40 Å². The van der Waals surface area contributed by atoms with E-state index in [2.05, 4.69) is 30.8 Å². The molecule has 0 saturated carbocycles. The van der Waals surface area contributed by atoms with E-state index in [-0.39, 0.29) is 5.56 Å². The van der Waals surface area contributed by atoms with Crippen molar-refractivity contribution in [1.82, 2.24) is 14.9 Å². The number of nitrogens with one attached hydrogen (secondary N) is 1. The lowest BCUT2D eigenvalue weighted by atomic mass is 10.1. The fraction of sp³-hybridized carbons (Fsp3) is 0.222. The second-order valence-corrected chi connectivity index (χ2v) is 7.39. The van der Waals surface area contributed by atoms with Crippen molar-refractivity contribution in [3.63, 3.8) is 0 Å². The molecule has 128 valence electrons. The van der Waals surface area contributed by atoms with Gasteiger partial charge in [-0.05, 0) is 46.3 Å². The average molecular weight is 421 g/mol. The largest absolute Gasteiger partial charge is 0.467 e. The van der Waals surface area contributed by atoms with Gasteiger partial charge in [0.15, 0.2) is 0 Å². The number of halogens is 2. The van der Waals surface area contributed by atoms with Crippen molar-refractivity contribution in [2.45, 2.75) is 19.5 Å². The predicted octanol–water partition coefficient (Wildman–Crippen LogP) is 4.00. The van der Waals surface area contributed by atoms with Crippen LogP contribution in [0.5, 0.6) is 0 Å². The minimum Gasteiger partial charge on any atom is -0.467 e. The van der Waals surface area contributed by atoms with Crippen LogP contribution in [-0.4, -0.2) is 21.4 Å². The zero-order valence-electron chi connectivity index (χ0n) is 13.3. The highest BCUT2D eigenvalue weighted by molar-refractivity contribution is 9.10. The van der Waals surface area contributed by atoms with E-state index >= 15 is 0 Å². The summed E-state index contributed by atoms with van der Waals surface area (Å²) in [4.78, 5) is 22.3. The number of aromatic amines is 1. The van der Waals surface area contributed by atoms with E-state index < -0.39 is 0 Å². The summed E-state index contributed by atoms with van der Waals surface area (Å²) in [6.07, 6.45) is 2.40. The molecule has 2 aromatic heterocycles. The first-order valence-electron chi connectivity index (χ1n) is 7.92. The molecule has 3 heterocycles. The second kappa shape index (κ2) is 6.78. The van der Waals surface area contributed by atoms with Gasteiger partial charge in [-0.15, -0.1) is 0 Å². The van der Waals surface area contributed by atoms with Gasteiger partial charge in [-0.1, -0.05) is 11.6 Å². The van der Waals surface area contributed by atoms with E-state index in [1.165, 1.54) is 0 Å². The lowest BCUT2D eigenvalue weighted by molar-refractivity contribution is 0.222. The number of rotatable bonds is 3. The smallest absolute Gasteiger partial charge is 0.255 e. The molecule has 3 aromatic rings. The summed E-state index contributed by atoms with van der Waals surface area (Å²) in [7, 11) is 0. The van der Waals surface area contributed by atoms with Crippen LogP contribution in [0.2, 0.25) is 5.02 Å². The third kappa shape index (κ3) is 3.56. The Balaban J connectivity index is 1.59. The highest BCUT2D eigenvalue weighted by atomic mass is 79.9. The number of H-pyrrole nitrogens is 1. The van der Waals surface area contributed by atoms with E-state index in [0.29, 0.717) is 23.9 Å². The van der Waals surface area contributed by atoms with Crippen molar-refractivity contribution in [2.75, 3.05) is 6.54 Å². The van der Waals surface area contributed by atoms with Crippen LogP contribution in [0.25, 0.3) is 11.4 Å². The van der Waals surface area contributed by atoms with Crippen molar-refractivity contribution in [1.29, 1.82) is 0 Å². The molecule has 1 aliphatic rings. The van der Waals surface area contributed by atoms with E-state index in [4.69, 9.17) is 16.0 Å². The Morgan fingerprint density at radius 1 is 1.32 bits per heavy atom. The number of hydrogen-bond donors (Lipinski definition) is 1. The van der Waals surface area contributed by atoms with Gasteiger partial charge in [0.1, 0.15) is 17.8 Å². The maximum atomic E-state index is 12.5. The van der Waals surface area contributed by atoms with Crippen LogP contribution >= 0.6 is 27.5 Å². The molecule has 0 radical (unpaired) electrons. The van der Waals surface area contributed by atoms with Gasteiger partial charge in [-0.3, -0.25) is 9.69 Å². The van der Waals surface area contributed by atoms with Gasteiger partial charge >= 0.3 is 0 Å². The summed E-state index contributed by atoms with van der Waals surface area (Å²) in [6, 6.07) is 9.24. The van der Waals surface area contributed by atoms with E-state index in [1.807, 2.05) is 18.2 Å². The number of benzene rings is 1. The standard InChI is InChI=1S/C18H15BrClN3O2/c19-12-7-14(25-10-12)8-23-6-5-16-15(9-23)18(24)22-17(21-16)11-1-3-13(20)4-2-11/h1-4,7,10H,5-6,8-9H2,(H,21,22,24). The Hall–Kier alpha value is -1.89. The molecule has 0 fully saturated rings. The zero-order valence-corrected chi connectivity index (χ0v) is 15.6. The van der Waals surface area contributed by atoms with Gasteiger partial charge in [-0.2, -0.15) is 0 Å². The molecular formula is C18H15BrClN3O2. The van der Waals surface area contributed by atoms with E-state index in [0.717, 1.165) is 40.0 Å². The van der Waals surface area contributed by atoms with Crippen molar-refractivity contribution >= 4 is 27.5 Å². The van der Waals surface area contributed by atoms with Crippen LogP contribution in [0, 0.1) is 0 Å². The molecule has 0 unspecified atom stereocenters. The average Bonchev–Trinajstić information content (AvgIpc) is 3.01. The Bertz CT molecular complexity index is 965. The first-order chi connectivity index (χ1) is 12.1. The Morgan fingerprint density at radius 3 is 2.84 bits per heavy atom. The Kier molecular flexibility index (Phi) is 4.50. The first kappa shape index (κ1) is 16.6. The molecule has 1 aromatic carbocycles. The van der Waals surface area contributed by atoms with Crippen LogP contribution in [-0.2, 0) is 19.5 Å². The van der Waals surface area contributed by atoms with Gasteiger partial charge in [0, 0.05) is 30.1 Å². The highest BCUT2D eigenvalue weighted by Crippen LogP contribution is 2.22. The summed E-state index contributed by atoms with van der Waals surface area (Å²) in [6.45, 7) is 2.07. The molecule has 0 aliphatic carbocycles. The number of nitrogens with zero attached hydrogens (tertiary/aromatic N) is 2. The van der Waals surface area contributed by atoms with Gasteiger partial charge in [0.25, 0.3) is 5.56 Å². The Morgan fingerprint density at radius 2 is 2.12 bits per heavy atom. The van der Waals surface area contributed by atoms with Crippen LogP contribution in [0.1, 0.15) is 17.0 Å². The summed E-state index contributed by atoms with van der Waals surface area (Å²) in [5.41, 5.74) is 2.37. The monoisotopic (exact) mass is 419 g/mol. The maximum absolute atomic E-state index is 12.5. The van der Waals surface area contributed by atoms with Crippen molar-refractivity contribution in [2.24, 2.45) is 0 Å². The highest BCUT2D eigenvalue weighted by Gasteiger charge is 2.22. The minimum atomic E-state index is -0.0831. The van der Waals surface area contributed by atoms with Crippen molar-refractivity contribution < 1.29 is 4.42 Å². The molecule has 7 heteroatoms. The summed E-state index contributed by atoms with van der Waals surface area (Å²) in [5, 5.41) is 0.657. The summed E-state index contributed by atoms with van der Waals surface area (Å²) >= 11 is 9.30. The SMILES string of the molecule is O=c1[nH]c(-c2ccc(Cl)cc2)nc2c1CN(Cc1cc(Br)co1)CC2. The lowest BCUT2D eigenvalue weighted by Gasteiger charge is -2.26. The van der Waals surface area contributed by atoms with Crippen LogP contribution in [0.3, 0.4) is 0 Å². The third-order valence-electron chi connectivity index (χ3n) is 4.27. The molecule has 1 N–H and O–H groups in total. The zero-order chi connectivity index (χ0) is 17.4. The van der Waals surface area contributed by atoms with Crippen LogP contribution < -0.4 is 5.56 Å². The molecular weight excluding hydrogens is 406 g/mol. The van der Waals surface area contributed by atoms with Crippen molar-refractivity contribution in [3.8, 4) is 11.4 Å². The number of furan rings is 1. The molecule has 0 bridgehead atoms. The number of fused-ring (bicyclic) bond motifs is 1. The molecule has 1 aliphatic heterocycles. The molecule has 0 saturated heterocycles. The molecule has 0 amide bonds. The van der Waals surface area contributed by atoms with Gasteiger partial charge in [0.2, 0.25) is 0 Å². The minimum absolute atomic E-state index is 0.0831.